The van der Waals surface area contributed by atoms with Gasteiger partial charge in [-0.05, 0) is 30.3 Å². The van der Waals surface area contributed by atoms with Gasteiger partial charge >= 0.3 is 0 Å². The molecule has 0 aliphatic rings. The zero-order valence-electron chi connectivity index (χ0n) is 14.2. The van der Waals surface area contributed by atoms with E-state index in [4.69, 9.17) is 13.6 Å². The van der Waals surface area contributed by atoms with Gasteiger partial charge in [0.05, 0.1) is 11.8 Å². The second-order valence-electron chi connectivity index (χ2n) is 5.65. The van der Waals surface area contributed by atoms with E-state index in [9.17, 15) is 4.79 Å². The standard InChI is InChI=1S/C20H15N3O4/c24-19(15-9-10-25-12-15)21-16-7-4-8-17(11-16)26-13-18-22-23-20(27-18)14-5-2-1-3-6-14/h1-12H,13H2,(H,21,24). The van der Waals surface area contributed by atoms with Crippen molar-refractivity contribution in [1.29, 1.82) is 0 Å². The zero-order chi connectivity index (χ0) is 18.5. The van der Waals surface area contributed by atoms with Gasteiger partial charge in [-0.2, -0.15) is 0 Å². The Balaban J connectivity index is 1.39. The highest BCUT2D eigenvalue weighted by molar-refractivity contribution is 6.04. The number of ether oxygens (including phenoxy) is 1. The number of carbonyl (C=O) groups is 1. The van der Waals surface area contributed by atoms with E-state index in [0.29, 0.717) is 28.8 Å². The molecule has 0 radical (unpaired) electrons. The highest BCUT2D eigenvalue weighted by Gasteiger charge is 2.10. The number of nitrogens with one attached hydrogen (secondary N) is 1. The molecule has 2 aromatic carbocycles. The number of rotatable bonds is 6. The SMILES string of the molecule is O=C(Nc1cccc(OCc2nnc(-c3ccccc3)o2)c1)c1ccoc1. The van der Waals surface area contributed by atoms with Crippen molar-refractivity contribution in [2.75, 3.05) is 5.32 Å². The quantitative estimate of drug-likeness (QED) is 0.554. The lowest BCUT2D eigenvalue weighted by Crippen LogP contribution is -2.10. The predicted octanol–water partition coefficient (Wildman–Crippen LogP) is 4.16. The van der Waals surface area contributed by atoms with E-state index in [0.717, 1.165) is 5.56 Å². The van der Waals surface area contributed by atoms with Crippen molar-refractivity contribution in [2.24, 2.45) is 0 Å². The van der Waals surface area contributed by atoms with Gasteiger partial charge in [0.2, 0.25) is 5.89 Å². The summed E-state index contributed by atoms with van der Waals surface area (Å²) in [5, 5.41) is 10.8. The number of hydrogen-bond acceptors (Lipinski definition) is 6. The largest absolute Gasteiger partial charge is 0.484 e. The molecule has 27 heavy (non-hydrogen) atoms. The molecular weight excluding hydrogens is 346 g/mol. The Bertz CT molecular complexity index is 1030. The molecule has 0 saturated carbocycles. The monoisotopic (exact) mass is 361 g/mol. The van der Waals surface area contributed by atoms with Crippen molar-refractivity contribution in [1.82, 2.24) is 10.2 Å². The molecule has 0 fully saturated rings. The van der Waals surface area contributed by atoms with E-state index in [1.807, 2.05) is 30.3 Å². The van der Waals surface area contributed by atoms with E-state index in [1.54, 1.807) is 30.3 Å². The molecule has 2 heterocycles. The van der Waals surface area contributed by atoms with E-state index < -0.39 is 0 Å². The van der Waals surface area contributed by atoms with Crippen molar-refractivity contribution in [3.05, 3.63) is 84.6 Å². The molecule has 2 aromatic heterocycles. The number of aromatic nitrogens is 2. The summed E-state index contributed by atoms with van der Waals surface area (Å²) < 4.78 is 16.2. The molecular formula is C20H15N3O4. The van der Waals surface area contributed by atoms with Gasteiger partial charge in [-0.3, -0.25) is 4.79 Å². The Kier molecular flexibility index (Phi) is 4.65. The second-order valence-corrected chi connectivity index (χ2v) is 5.65. The minimum Gasteiger partial charge on any atom is -0.484 e. The topological polar surface area (TPSA) is 90.4 Å². The highest BCUT2D eigenvalue weighted by Crippen LogP contribution is 2.21. The summed E-state index contributed by atoms with van der Waals surface area (Å²) >= 11 is 0. The summed E-state index contributed by atoms with van der Waals surface area (Å²) in [7, 11) is 0. The Morgan fingerprint density at radius 3 is 2.74 bits per heavy atom. The molecule has 0 aliphatic heterocycles. The summed E-state index contributed by atoms with van der Waals surface area (Å²) in [6.07, 6.45) is 2.83. The molecule has 1 N–H and O–H groups in total. The lowest BCUT2D eigenvalue weighted by atomic mass is 10.2. The van der Waals surface area contributed by atoms with Crippen molar-refractivity contribution in [3.8, 4) is 17.2 Å². The van der Waals surface area contributed by atoms with Gasteiger partial charge in [0.15, 0.2) is 6.61 Å². The first-order valence-corrected chi connectivity index (χ1v) is 8.22. The number of amides is 1. The summed E-state index contributed by atoms with van der Waals surface area (Å²) in [6, 6.07) is 18.1. The molecule has 7 nitrogen and oxygen atoms in total. The van der Waals surface area contributed by atoms with Crippen LogP contribution in [0.1, 0.15) is 16.2 Å². The molecule has 0 saturated heterocycles. The summed E-state index contributed by atoms with van der Waals surface area (Å²) in [4.78, 5) is 12.1. The number of anilines is 1. The molecule has 0 atom stereocenters. The van der Waals surface area contributed by atoms with Gasteiger partial charge in [0, 0.05) is 17.3 Å². The third-order valence-corrected chi connectivity index (χ3v) is 3.73. The van der Waals surface area contributed by atoms with E-state index >= 15 is 0 Å². The number of hydrogen-bond donors (Lipinski definition) is 1. The van der Waals surface area contributed by atoms with Crippen LogP contribution in [0.25, 0.3) is 11.5 Å². The van der Waals surface area contributed by atoms with Crippen LogP contribution >= 0.6 is 0 Å². The molecule has 7 heteroatoms. The van der Waals surface area contributed by atoms with Crippen LogP contribution in [0.3, 0.4) is 0 Å². The van der Waals surface area contributed by atoms with Crippen molar-refractivity contribution in [3.63, 3.8) is 0 Å². The molecule has 1 amide bonds. The third-order valence-electron chi connectivity index (χ3n) is 3.73. The highest BCUT2D eigenvalue weighted by atomic mass is 16.5. The zero-order valence-corrected chi connectivity index (χ0v) is 14.2. The first kappa shape index (κ1) is 16.6. The van der Waals surface area contributed by atoms with Gasteiger partial charge in [-0.15, -0.1) is 10.2 Å². The molecule has 134 valence electrons. The summed E-state index contributed by atoms with van der Waals surface area (Å²) in [6.45, 7) is 0.124. The van der Waals surface area contributed by atoms with Crippen LogP contribution in [0.2, 0.25) is 0 Å². The Hall–Kier alpha value is -3.87. The first-order valence-electron chi connectivity index (χ1n) is 8.22. The molecule has 4 aromatic rings. The van der Waals surface area contributed by atoms with Crippen molar-refractivity contribution >= 4 is 11.6 Å². The van der Waals surface area contributed by atoms with Crippen LogP contribution in [-0.2, 0) is 6.61 Å². The van der Waals surface area contributed by atoms with Crippen LogP contribution in [0.4, 0.5) is 5.69 Å². The van der Waals surface area contributed by atoms with E-state index in [2.05, 4.69) is 15.5 Å². The van der Waals surface area contributed by atoms with Gasteiger partial charge in [0.25, 0.3) is 11.8 Å². The number of carbonyl (C=O) groups excluding carboxylic acids is 1. The van der Waals surface area contributed by atoms with Gasteiger partial charge in [-0.25, -0.2) is 0 Å². The van der Waals surface area contributed by atoms with Gasteiger partial charge in [0.1, 0.15) is 12.0 Å². The van der Waals surface area contributed by atoms with Crippen molar-refractivity contribution in [2.45, 2.75) is 6.61 Å². The average molecular weight is 361 g/mol. The number of benzene rings is 2. The molecule has 0 spiro atoms. The van der Waals surface area contributed by atoms with Gasteiger partial charge < -0.3 is 18.9 Å². The Labute approximate surface area is 154 Å². The normalized spacial score (nSPS) is 10.5. The summed E-state index contributed by atoms with van der Waals surface area (Å²) in [5.41, 5.74) is 1.90. The van der Waals surface area contributed by atoms with Gasteiger partial charge in [-0.1, -0.05) is 24.3 Å². The smallest absolute Gasteiger partial charge is 0.258 e. The fourth-order valence-corrected chi connectivity index (χ4v) is 2.41. The van der Waals surface area contributed by atoms with E-state index in [1.165, 1.54) is 12.5 Å². The van der Waals surface area contributed by atoms with Crippen LogP contribution in [0.5, 0.6) is 5.75 Å². The predicted molar refractivity (Wildman–Crippen MR) is 97.2 cm³/mol. The second kappa shape index (κ2) is 7.57. The molecule has 0 unspecified atom stereocenters. The third kappa shape index (κ3) is 4.04. The molecule has 0 bridgehead atoms. The first-order chi connectivity index (χ1) is 13.3. The van der Waals surface area contributed by atoms with E-state index in [-0.39, 0.29) is 12.5 Å². The minimum atomic E-state index is -0.259. The minimum absolute atomic E-state index is 0.124. The Morgan fingerprint density at radius 1 is 1.04 bits per heavy atom. The van der Waals surface area contributed by atoms with Crippen LogP contribution < -0.4 is 10.1 Å². The van der Waals surface area contributed by atoms with Crippen molar-refractivity contribution < 1.29 is 18.4 Å². The molecule has 0 aliphatic carbocycles. The number of furan rings is 1. The fourth-order valence-electron chi connectivity index (χ4n) is 2.41. The maximum atomic E-state index is 12.1. The molecule has 4 rings (SSSR count). The number of nitrogens with zero attached hydrogens (tertiary/aromatic N) is 2. The lowest BCUT2D eigenvalue weighted by molar-refractivity contribution is 0.102. The maximum Gasteiger partial charge on any atom is 0.258 e. The maximum absolute atomic E-state index is 12.1. The fraction of sp³-hybridized carbons (Fsp3) is 0.0500. The van der Waals surface area contributed by atoms with Crippen LogP contribution in [-0.4, -0.2) is 16.1 Å². The van der Waals surface area contributed by atoms with Crippen LogP contribution in [0.15, 0.2) is 82.0 Å². The summed E-state index contributed by atoms with van der Waals surface area (Å²) in [5.74, 6) is 1.11. The lowest BCUT2D eigenvalue weighted by Gasteiger charge is -2.07. The average Bonchev–Trinajstić information content (AvgIpc) is 3.40. The Morgan fingerprint density at radius 2 is 1.93 bits per heavy atom. The van der Waals surface area contributed by atoms with Crippen LogP contribution in [0, 0.1) is 0 Å².